The average Bonchev–Trinajstić information content (AvgIpc) is 2.46. The molecule has 2 N–H and O–H groups in total. The minimum Gasteiger partial charge on any atom is -0.481 e. The van der Waals surface area contributed by atoms with Crippen LogP contribution in [0.2, 0.25) is 0 Å². The molecule has 1 unspecified atom stereocenters. The molecule has 0 radical (unpaired) electrons. The maximum Gasteiger partial charge on any atom is 0.260 e. The van der Waals surface area contributed by atoms with E-state index in [0.29, 0.717) is 24.9 Å². The molecule has 1 atom stereocenters. The second-order valence-corrected chi connectivity index (χ2v) is 5.22. The summed E-state index contributed by atoms with van der Waals surface area (Å²) in [6.45, 7) is 7.77. The number of carbonyl (C=O) groups excluding carboxylic acids is 1. The van der Waals surface area contributed by atoms with Crippen LogP contribution in [-0.2, 0) is 16.1 Å². The normalized spacial score (nSPS) is 12.2. The number of hydrogen-bond acceptors (Lipinski definition) is 4. The monoisotopic (exact) mass is 294 g/mol. The summed E-state index contributed by atoms with van der Waals surface area (Å²) in [4.78, 5) is 11.8. The van der Waals surface area contributed by atoms with E-state index in [2.05, 4.69) is 24.5 Å². The molecule has 1 rings (SSSR count). The second-order valence-electron chi connectivity index (χ2n) is 5.22. The smallest absolute Gasteiger partial charge is 0.260 e. The molecule has 21 heavy (non-hydrogen) atoms. The molecular formula is C16H26N2O3. The lowest BCUT2D eigenvalue weighted by Crippen LogP contribution is -2.37. The van der Waals surface area contributed by atoms with E-state index in [9.17, 15) is 4.79 Å². The third-order valence-corrected chi connectivity index (χ3v) is 2.93. The quantitative estimate of drug-likeness (QED) is 0.681. The van der Waals surface area contributed by atoms with E-state index in [1.54, 1.807) is 14.0 Å². The van der Waals surface area contributed by atoms with Crippen LogP contribution in [0.25, 0.3) is 0 Å². The lowest BCUT2D eigenvalue weighted by atomic mass is 10.2. The maximum atomic E-state index is 11.8. The number of nitrogens with one attached hydrogen (secondary N) is 2. The number of benzene rings is 1. The van der Waals surface area contributed by atoms with Crippen molar-refractivity contribution in [1.82, 2.24) is 10.6 Å². The zero-order valence-corrected chi connectivity index (χ0v) is 13.3. The van der Waals surface area contributed by atoms with Gasteiger partial charge in [-0.25, -0.2) is 0 Å². The Bertz CT molecular complexity index is 418. The van der Waals surface area contributed by atoms with Gasteiger partial charge < -0.3 is 20.1 Å². The van der Waals surface area contributed by atoms with Gasteiger partial charge in [-0.15, -0.1) is 0 Å². The summed E-state index contributed by atoms with van der Waals surface area (Å²) in [6.07, 6.45) is -0.526. The van der Waals surface area contributed by atoms with Crippen LogP contribution >= 0.6 is 0 Å². The van der Waals surface area contributed by atoms with Crippen LogP contribution in [0.3, 0.4) is 0 Å². The van der Waals surface area contributed by atoms with Gasteiger partial charge in [-0.05, 0) is 24.6 Å². The van der Waals surface area contributed by atoms with Gasteiger partial charge in [0.05, 0.1) is 6.61 Å². The molecule has 1 aromatic carbocycles. The van der Waals surface area contributed by atoms with E-state index in [1.807, 2.05) is 24.3 Å². The van der Waals surface area contributed by atoms with Crippen molar-refractivity contribution >= 4 is 5.91 Å². The minimum atomic E-state index is -0.526. The number of amides is 1. The Hall–Kier alpha value is -1.59. The first kappa shape index (κ1) is 17.5. The van der Waals surface area contributed by atoms with E-state index in [-0.39, 0.29) is 5.91 Å². The van der Waals surface area contributed by atoms with Crippen molar-refractivity contribution in [2.75, 3.05) is 20.3 Å². The summed E-state index contributed by atoms with van der Waals surface area (Å²) < 4.78 is 10.5. The van der Waals surface area contributed by atoms with Gasteiger partial charge in [0.15, 0.2) is 6.10 Å². The summed E-state index contributed by atoms with van der Waals surface area (Å²) in [7, 11) is 1.60. The fraction of sp³-hybridized carbons (Fsp3) is 0.562. The van der Waals surface area contributed by atoms with E-state index in [1.165, 1.54) is 5.56 Å². The first-order chi connectivity index (χ1) is 10.0. The molecule has 0 aliphatic carbocycles. The summed E-state index contributed by atoms with van der Waals surface area (Å²) in [5.74, 6) is 0.551. The summed E-state index contributed by atoms with van der Waals surface area (Å²) >= 11 is 0. The molecule has 0 spiro atoms. The number of carbonyl (C=O) groups is 1. The van der Waals surface area contributed by atoms with Crippen LogP contribution in [0.4, 0.5) is 0 Å². The number of methoxy groups -OCH3 is 1. The van der Waals surface area contributed by atoms with Gasteiger partial charge in [-0.1, -0.05) is 26.0 Å². The number of rotatable bonds is 9. The minimum absolute atomic E-state index is 0.141. The Kier molecular flexibility index (Phi) is 7.79. The average molecular weight is 294 g/mol. The topological polar surface area (TPSA) is 59.6 Å². The first-order valence-corrected chi connectivity index (χ1v) is 7.28. The molecule has 0 saturated heterocycles. The lowest BCUT2D eigenvalue weighted by Gasteiger charge is -2.15. The van der Waals surface area contributed by atoms with E-state index in [0.717, 1.165) is 6.54 Å². The fourth-order valence-corrected chi connectivity index (χ4v) is 1.69. The Morgan fingerprint density at radius 1 is 1.19 bits per heavy atom. The Morgan fingerprint density at radius 3 is 2.43 bits per heavy atom. The summed E-state index contributed by atoms with van der Waals surface area (Å²) in [5.41, 5.74) is 1.19. The lowest BCUT2D eigenvalue weighted by molar-refractivity contribution is -0.127. The van der Waals surface area contributed by atoms with E-state index < -0.39 is 6.10 Å². The van der Waals surface area contributed by atoms with Crippen LogP contribution in [-0.4, -0.2) is 38.3 Å². The molecule has 0 fully saturated rings. The molecular weight excluding hydrogens is 268 g/mol. The highest BCUT2D eigenvalue weighted by atomic mass is 16.5. The zero-order valence-electron chi connectivity index (χ0n) is 13.3. The molecule has 0 bridgehead atoms. The van der Waals surface area contributed by atoms with Crippen LogP contribution < -0.4 is 15.4 Å². The molecule has 0 aliphatic rings. The summed E-state index contributed by atoms with van der Waals surface area (Å²) in [5, 5.41) is 6.10. The van der Waals surface area contributed by atoms with Crippen molar-refractivity contribution in [3.63, 3.8) is 0 Å². The number of hydrogen-bond donors (Lipinski definition) is 2. The van der Waals surface area contributed by atoms with Crippen molar-refractivity contribution in [1.29, 1.82) is 0 Å². The molecule has 5 heteroatoms. The van der Waals surface area contributed by atoms with Crippen molar-refractivity contribution in [2.45, 2.75) is 39.5 Å². The van der Waals surface area contributed by atoms with Crippen LogP contribution in [0.15, 0.2) is 24.3 Å². The Balaban J connectivity index is 2.41. The predicted molar refractivity (Wildman–Crippen MR) is 83.4 cm³/mol. The fourth-order valence-electron chi connectivity index (χ4n) is 1.69. The third kappa shape index (κ3) is 7.11. The van der Waals surface area contributed by atoms with Gasteiger partial charge in [-0.2, -0.15) is 0 Å². The number of ether oxygens (including phenoxy) is 2. The second kappa shape index (κ2) is 9.37. The van der Waals surface area contributed by atoms with Crippen LogP contribution in [0.1, 0.15) is 26.3 Å². The molecule has 0 heterocycles. The van der Waals surface area contributed by atoms with Crippen LogP contribution in [0.5, 0.6) is 5.75 Å². The van der Waals surface area contributed by atoms with E-state index >= 15 is 0 Å². The van der Waals surface area contributed by atoms with Crippen LogP contribution in [0, 0.1) is 0 Å². The van der Waals surface area contributed by atoms with Crippen molar-refractivity contribution < 1.29 is 14.3 Å². The maximum absolute atomic E-state index is 11.8. The van der Waals surface area contributed by atoms with Crippen molar-refractivity contribution in [2.24, 2.45) is 0 Å². The predicted octanol–water partition coefficient (Wildman–Crippen LogP) is 1.71. The van der Waals surface area contributed by atoms with Gasteiger partial charge in [0.25, 0.3) is 5.91 Å². The van der Waals surface area contributed by atoms with Gasteiger partial charge in [0.1, 0.15) is 5.75 Å². The highest BCUT2D eigenvalue weighted by Crippen LogP contribution is 2.14. The highest BCUT2D eigenvalue weighted by molar-refractivity contribution is 5.80. The van der Waals surface area contributed by atoms with Crippen molar-refractivity contribution in [3.05, 3.63) is 29.8 Å². The molecule has 5 nitrogen and oxygen atoms in total. The molecule has 0 saturated carbocycles. The molecule has 0 aromatic heterocycles. The van der Waals surface area contributed by atoms with Gasteiger partial charge in [-0.3, -0.25) is 4.79 Å². The molecule has 1 aromatic rings. The Morgan fingerprint density at radius 2 is 1.86 bits per heavy atom. The SMILES string of the molecule is COCCNC(=O)C(C)Oc1ccc(CNC(C)C)cc1. The van der Waals surface area contributed by atoms with Crippen molar-refractivity contribution in [3.8, 4) is 5.75 Å². The molecule has 118 valence electrons. The molecule has 0 aliphatic heterocycles. The van der Waals surface area contributed by atoms with Gasteiger partial charge in [0, 0.05) is 26.2 Å². The molecule has 1 amide bonds. The van der Waals surface area contributed by atoms with Gasteiger partial charge in [0.2, 0.25) is 0 Å². The zero-order chi connectivity index (χ0) is 15.7. The largest absolute Gasteiger partial charge is 0.481 e. The summed E-state index contributed by atoms with van der Waals surface area (Å²) in [6, 6.07) is 8.23. The third-order valence-electron chi connectivity index (χ3n) is 2.93. The first-order valence-electron chi connectivity index (χ1n) is 7.28. The highest BCUT2D eigenvalue weighted by Gasteiger charge is 2.13. The standard InChI is InChI=1S/C16H26N2O3/c1-12(2)18-11-14-5-7-15(8-6-14)21-13(3)16(19)17-9-10-20-4/h5-8,12-13,18H,9-11H2,1-4H3,(H,17,19). The Labute approximate surface area is 127 Å². The van der Waals surface area contributed by atoms with E-state index in [4.69, 9.17) is 9.47 Å². The van der Waals surface area contributed by atoms with Gasteiger partial charge >= 0.3 is 0 Å².